The molecule has 1 amide bonds. The quantitative estimate of drug-likeness (QED) is 0.695. The van der Waals surface area contributed by atoms with Crippen LogP contribution in [-0.4, -0.2) is 51.3 Å². The molecule has 1 saturated carbocycles. The van der Waals surface area contributed by atoms with Gasteiger partial charge in [0.15, 0.2) is 0 Å². The lowest BCUT2D eigenvalue weighted by Crippen LogP contribution is -2.41. The third-order valence-corrected chi connectivity index (χ3v) is 6.19. The van der Waals surface area contributed by atoms with Crippen LogP contribution in [-0.2, 0) is 18.4 Å². The second-order valence-electron chi connectivity index (χ2n) is 8.07. The molecule has 7 heteroatoms. The van der Waals surface area contributed by atoms with Crippen LogP contribution in [0.15, 0.2) is 35.3 Å². The number of para-hydroxylation sites is 1. The van der Waals surface area contributed by atoms with Gasteiger partial charge in [0.1, 0.15) is 12.1 Å². The van der Waals surface area contributed by atoms with Gasteiger partial charge in [-0.05, 0) is 26.0 Å². The molecule has 0 radical (unpaired) electrons. The molecule has 2 aromatic heterocycles. The molecule has 0 bridgehead atoms. The molecule has 2 heterocycles. The minimum atomic E-state index is -0.240. The number of hydrogen-bond donors (Lipinski definition) is 1. The highest BCUT2D eigenvalue weighted by Crippen LogP contribution is 2.24. The van der Waals surface area contributed by atoms with Crippen molar-refractivity contribution in [1.82, 2.24) is 24.6 Å². The number of carbonyl (C=O) groups is 1. The maximum absolute atomic E-state index is 12.9. The third kappa shape index (κ3) is 3.92. The van der Waals surface area contributed by atoms with Crippen molar-refractivity contribution in [3.8, 4) is 0 Å². The molecule has 7 nitrogen and oxygen atoms in total. The van der Waals surface area contributed by atoms with E-state index in [1.165, 1.54) is 36.8 Å². The summed E-state index contributed by atoms with van der Waals surface area (Å²) >= 11 is 0. The minimum absolute atomic E-state index is 0.0660. The Morgan fingerprint density at radius 1 is 1.21 bits per heavy atom. The van der Waals surface area contributed by atoms with Crippen LogP contribution in [0.5, 0.6) is 0 Å². The van der Waals surface area contributed by atoms with Crippen LogP contribution in [0.25, 0.3) is 21.8 Å². The van der Waals surface area contributed by atoms with E-state index in [1.807, 2.05) is 35.9 Å². The van der Waals surface area contributed by atoms with Gasteiger partial charge in [-0.2, -0.15) is 5.10 Å². The van der Waals surface area contributed by atoms with Gasteiger partial charge in [0.2, 0.25) is 5.91 Å². The van der Waals surface area contributed by atoms with Crippen molar-refractivity contribution in [2.75, 3.05) is 20.1 Å². The molecule has 29 heavy (non-hydrogen) atoms. The molecule has 0 unspecified atom stereocenters. The summed E-state index contributed by atoms with van der Waals surface area (Å²) in [6.07, 6.45) is 8.11. The minimum Gasteiger partial charge on any atom is -0.353 e. The molecule has 1 aliphatic rings. The normalized spacial score (nSPS) is 15.4. The van der Waals surface area contributed by atoms with Crippen molar-refractivity contribution in [2.24, 2.45) is 7.05 Å². The number of amides is 1. The van der Waals surface area contributed by atoms with E-state index in [2.05, 4.69) is 22.4 Å². The average Bonchev–Trinajstić information content (AvgIpc) is 3.03. The van der Waals surface area contributed by atoms with Gasteiger partial charge in [0.05, 0.1) is 6.20 Å². The molecule has 0 saturated heterocycles. The van der Waals surface area contributed by atoms with Crippen LogP contribution in [0.4, 0.5) is 0 Å². The van der Waals surface area contributed by atoms with Crippen LogP contribution in [0.3, 0.4) is 0 Å². The Labute approximate surface area is 170 Å². The van der Waals surface area contributed by atoms with E-state index in [1.54, 1.807) is 6.20 Å². The monoisotopic (exact) mass is 395 g/mol. The van der Waals surface area contributed by atoms with Gasteiger partial charge in [-0.25, -0.2) is 4.68 Å². The fourth-order valence-electron chi connectivity index (χ4n) is 4.49. The van der Waals surface area contributed by atoms with E-state index in [0.29, 0.717) is 18.1 Å². The standard InChI is InChI=1S/C22H29N5O2/c1-25(16-8-4-3-5-9-16)13-12-23-20(28)15-27-22(29)21-18(14-24-27)17-10-6-7-11-19(17)26(21)2/h6-7,10-11,14,16H,3-5,8-9,12-13,15H2,1-2H3,(H,23,28). The predicted octanol–water partition coefficient (Wildman–Crippen LogP) is 2.27. The van der Waals surface area contributed by atoms with Gasteiger partial charge in [-0.15, -0.1) is 0 Å². The highest BCUT2D eigenvalue weighted by atomic mass is 16.2. The highest BCUT2D eigenvalue weighted by molar-refractivity contribution is 6.07. The summed E-state index contributed by atoms with van der Waals surface area (Å²) in [6, 6.07) is 8.49. The van der Waals surface area contributed by atoms with Crippen LogP contribution in [0.1, 0.15) is 32.1 Å². The van der Waals surface area contributed by atoms with Crippen molar-refractivity contribution >= 4 is 27.7 Å². The van der Waals surface area contributed by atoms with Crippen LogP contribution in [0.2, 0.25) is 0 Å². The van der Waals surface area contributed by atoms with Gasteiger partial charge in [-0.1, -0.05) is 37.5 Å². The van der Waals surface area contributed by atoms with Crippen LogP contribution in [0, 0.1) is 0 Å². The van der Waals surface area contributed by atoms with E-state index in [9.17, 15) is 9.59 Å². The third-order valence-electron chi connectivity index (χ3n) is 6.19. The Bertz CT molecular complexity index is 1080. The average molecular weight is 396 g/mol. The summed E-state index contributed by atoms with van der Waals surface area (Å²) < 4.78 is 3.13. The maximum Gasteiger partial charge on any atom is 0.291 e. The first-order chi connectivity index (χ1) is 14.1. The lowest BCUT2D eigenvalue weighted by molar-refractivity contribution is -0.122. The number of fused-ring (bicyclic) bond motifs is 3. The number of rotatable bonds is 6. The second kappa shape index (κ2) is 8.37. The lowest BCUT2D eigenvalue weighted by atomic mass is 9.94. The van der Waals surface area contributed by atoms with E-state index in [4.69, 9.17) is 0 Å². The Hall–Kier alpha value is -2.67. The van der Waals surface area contributed by atoms with Gasteiger partial charge in [0.25, 0.3) is 5.56 Å². The first-order valence-electron chi connectivity index (χ1n) is 10.5. The van der Waals surface area contributed by atoms with Crippen LogP contribution < -0.4 is 10.9 Å². The lowest BCUT2D eigenvalue weighted by Gasteiger charge is -2.31. The molecule has 154 valence electrons. The summed E-state index contributed by atoms with van der Waals surface area (Å²) in [5.74, 6) is -0.185. The zero-order valence-electron chi connectivity index (χ0n) is 17.2. The predicted molar refractivity (Wildman–Crippen MR) is 115 cm³/mol. The maximum atomic E-state index is 12.9. The molecule has 0 aliphatic heterocycles. The van der Waals surface area contributed by atoms with Gasteiger partial charge < -0.3 is 14.8 Å². The van der Waals surface area contributed by atoms with Crippen LogP contribution >= 0.6 is 0 Å². The highest BCUT2D eigenvalue weighted by Gasteiger charge is 2.18. The van der Waals surface area contributed by atoms with Gasteiger partial charge >= 0.3 is 0 Å². The SMILES string of the molecule is CN(CCNC(=O)Cn1ncc2c3ccccc3n(C)c2c1=O)C1CCCCC1. The molecular weight excluding hydrogens is 366 g/mol. The van der Waals surface area contributed by atoms with Gasteiger partial charge in [-0.3, -0.25) is 9.59 Å². The number of aromatic nitrogens is 3. The molecule has 4 rings (SSSR count). The van der Waals surface area contributed by atoms with Crippen molar-refractivity contribution in [1.29, 1.82) is 0 Å². The Morgan fingerprint density at radius 3 is 2.76 bits per heavy atom. The molecule has 0 spiro atoms. The zero-order chi connectivity index (χ0) is 20.4. The molecule has 3 aromatic rings. The van der Waals surface area contributed by atoms with E-state index >= 15 is 0 Å². The molecule has 1 aromatic carbocycles. The van der Waals surface area contributed by atoms with E-state index < -0.39 is 0 Å². The van der Waals surface area contributed by atoms with Crippen molar-refractivity contribution < 1.29 is 4.79 Å². The summed E-state index contributed by atoms with van der Waals surface area (Å²) in [5.41, 5.74) is 1.32. The zero-order valence-corrected chi connectivity index (χ0v) is 17.2. The summed E-state index contributed by atoms with van der Waals surface area (Å²) in [4.78, 5) is 27.7. The van der Waals surface area contributed by atoms with Gasteiger partial charge in [0, 0.05) is 42.5 Å². The summed E-state index contributed by atoms with van der Waals surface area (Å²) in [7, 11) is 4.00. The topological polar surface area (TPSA) is 72.2 Å². The fraction of sp³-hybridized carbons (Fsp3) is 0.500. The number of aryl methyl sites for hydroxylation is 1. The molecule has 1 N–H and O–H groups in total. The first-order valence-corrected chi connectivity index (χ1v) is 10.5. The first kappa shape index (κ1) is 19.6. The smallest absolute Gasteiger partial charge is 0.291 e. The molecule has 1 fully saturated rings. The van der Waals surface area contributed by atoms with Crippen molar-refractivity contribution in [3.05, 3.63) is 40.8 Å². The second-order valence-corrected chi connectivity index (χ2v) is 8.07. The Balaban J connectivity index is 1.42. The number of nitrogens with zero attached hydrogens (tertiary/aromatic N) is 4. The number of nitrogens with one attached hydrogen (secondary N) is 1. The molecule has 0 atom stereocenters. The van der Waals surface area contributed by atoms with Crippen molar-refractivity contribution in [2.45, 2.75) is 44.7 Å². The summed E-state index contributed by atoms with van der Waals surface area (Å²) in [5, 5.41) is 8.99. The number of carbonyl (C=O) groups excluding carboxylic acids is 1. The van der Waals surface area contributed by atoms with E-state index in [0.717, 1.165) is 22.8 Å². The molecular formula is C22H29N5O2. The Kier molecular flexibility index (Phi) is 5.67. The summed E-state index contributed by atoms with van der Waals surface area (Å²) in [6.45, 7) is 1.33. The number of likely N-dealkylation sites (N-methyl/N-ethyl adjacent to an activating group) is 1. The number of hydrogen-bond acceptors (Lipinski definition) is 4. The fourth-order valence-corrected chi connectivity index (χ4v) is 4.49. The Morgan fingerprint density at radius 2 is 1.97 bits per heavy atom. The van der Waals surface area contributed by atoms with Crippen molar-refractivity contribution in [3.63, 3.8) is 0 Å². The largest absolute Gasteiger partial charge is 0.353 e. The molecule has 1 aliphatic carbocycles. The van der Waals surface area contributed by atoms with E-state index in [-0.39, 0.29) is 18.0 Å². The number of benzene rings is 1.